The summed E-state index contributed by atoms with van der Waals surface area (Å²) in [5, 5.41) is 8.64. The Kier molecular flexibility index (Phi) is 2.73. The molecule has 20 heavy (non-hydrogen) atoms. The molecule has 2 unspecified atom stereocenters. The first-order valence-corrected chi connectivity index (χ1v) is 7.11. The van der Waals surface area contributed by atoms with Gasteiger partial charge in [0.15, 0.2) is 11.6 Å². The van der Waals surface area contributed by atoms with E-state index in [9.17, 15) is 0 Å². The molecule has 0 spiro atoms. The molecule has 5 nitrogen and oxygen atoms in total. The molecule has 2 fully saturated rings. The summed E-state index contributed by atoms with van der Waals surface area (Å²) < 4.78 is 5.34. The first kappa shape index (κ1) is 11.9. The van der Waals surface area contributed by atoms with Crippen LogP contribution in [0.15, 0.2) is 34.9 Å². The summed E-state index contributed by atoms with van der Waals surface area (Å²) in [6, 6.07) is 7.81. The Labute approximate surface area is 118 Å². The summed E-state index contributed by atoms with van der Waals surface area (Å²) >= 11 is 0. The van der Waals surface area contributed by atoms with Gasteiger partial charge in [0.05, 0.1) is 6.26 Å². The molecule has 4 rings (SSSR count). The largest absolute Gasteiger partial charge is 0.463 e. The van der Waals surface area contributed by atoms with Crippen molar-refractivity contribution in [3.63, 3.8) is 0 Å². The quantitative estimate of drug-likeness (QED) is 0.831. The molecule has 0 amide bonds. The van der Waals surface area contributed by atoms with E-state index in [4.69, 9.17) is 4.42 Å². The van der Waals surface area contributed by atoms with E-state index in [2.05, 4.69) is 33.1 Å². The third-order valence-corrected chi connectivity index (χ3v) is 4.42. The van der Waals surface area contributed by atoms with Gasteiger partial charge in [-0.25, -0.2) is 0 Å². The number of hydrogen-bond acceptors (Lipinski definition) is 5. The Bertz CT molecular complexity index is 566. The van der Waals surface area contributed by atoms with Crippen molar-refractivity contribution in [2.24, 2.45) is 11.8 Å². The van der Waals surface area contributed by atoms with Crippen molar-refractivity contribution in [3.8, 4) is 11.5 Å². The molecule has 2 atom stereocenters. The molecule has 0 N–H and O–H groups in total. The number of hydrogen-bond donors (Lipinski definition) is 0. The smallest absolute Gasteiger partial charge is 0.154 e. The first-order valence-electron chi connectivity index (χ1n) is 7.11. The Hall–Kier alpha value is -1.88. The average molecular weight is 270 g/mol. The number of aromatic nitrogens is 2. The zero-order chi connectivity index (χ0) is 13.5. The van der Waals surface area contributed by atoms with Crippen molar-refractivity contribution in [3.05, 3.63) is 30.5 Å². The molecule has 2 aliphatic rings. The fourth-order valence-electron chi connectivity index (χ4n) is 3.46. The number of rotatable bonds is 2. The lowest BCUT2D eigenvalue weighted by molar-refractivity contribution is 0.387. The van der Waals surface area contributed by atoms with Gasteiger partial charge in [-0.1, -0.05) is 0 Å². The number of anilines is 1. The molecule has 104 valence electrons. The van der Waals surface area contributed by atoms with Gasteiger partial charge >= 0.3 is 0 Å². The summed E-state index contributed by atoms with van der Waals surface area (Å²) in [5.74, 6) is 3.32. The molecule has 0 aromatic carbocycles. The lowest BCUT2D eigenvalue weighted by atomic mass is 10.0. The summed E-state index contributed by atoms with van der Waals surface area (Å²) in [6.45, 7) is 4.62. The Morgan fingerprint density at radius 1 is 1.05 bits per heavy atom. The lowest BCUT2D eigenvalue weighted by Crippen LogP contribution is -2.27. The van der Waals surface area contributed by atoms with Crippen LogP contribution in [0.4, 0.5) is 5.82 Å². The molecule has 5 heteroatoms. The lowest BCUT2D eigenvalue weighted by Gasteiger charge is -2.19. The van der Waals surface area contributed by atoms with Gasteiger partial charge in [0.1, 0.15) is 5.69 Å². The van der Waals surface area contributed by atoms with Crippen LogP contribution in [0, 0.1) is 11.8 Å². The summed E-state index contributed by atoms with van der Waals surface area (Å²) in [6.07, 6.45) is 1.66. The van der Waals surface area contributed by atoms with Crippen LogP contribution in [-0.2, 0) is 0 Å². The molecular weight excluding hydrogens is 252 g/mol. The maximum Gasteiger partial charge on any atom is 0.154 e. The van der Waals surface area contributed by atoms with E-state index in [1.165, 1.54) is 13.1 Å². The highest BCUT2D eigenvalue weighted by Gasteiger charge is 2.39. The zero-order valence-corrected chi connectivity index (χ0v) is 11.6. The van der Waals surface area contributed by atoms with E-state index in [0.29, 0.717) is 0 Å². The SMILES string of the molecule is CN1CC2CN(c3ccc(-c4ccco4)nn3)CC2C1. The molecule has 0 radical (unpaired) electrons. The Morgan fingerprint density at radius 2 is 1.85 bits per heavy atom. The number of furan rings is 1. The second kappa shape index (κ2) is 4.59. The van der Waals surface area contributed by atoms with Crippen LogP contribution in [-0.4, -0.2) is 48.3 Å². The van der Waals surface area contributed by atoms with Crippen LogP contribution in [0.3, 0.4) is 0 Å². The van der Waals surface area contributed by atoms with Crippen LogP contribution in [0.5, 0.6) is 0 Å². The minimum atomic E-state index is 0.768. The van der Waals surface area contributed by atoms with Gasteiger partial charge in [-0.2, -0.15) is 0 Å². The van der Waals surface area contributed by atoms with E-state index in [0.717, 1.165) is 42.2 Å². The monoisotopic (exact) mass is 270 g/mol. The van der Waals surface area contributed by atoms with Gasteiger partial charge in [-0.05, 0) is 43.1 Å². The highest BCUT2D eigenvalue weighted by atomic mass is 16.3. The highest BCUT2D eigenvalue weighted by Crippen LogP contribution is 2.32. The Morgan fingerprint density at radius 3 is 2.45 bits per heavy atom. The van der Waals surface area contributed by atoms with Crippen molar-refractivity contribution < 1.29 is 4.42 Å². The van der Waals surface area contributed by atoms with Gasteiger partial charge in [0.2, 0.25) is 0 Å². The minimum Gasteiger partial charge on any atom is -0.463 e. The first-order chi connectivity index (χ1) is 9.79. The normalized spacial score (nSPS) is 26.1. The second-order valence-corrected chi connectivity index (χ2v) is 5.90. The van der Waals surface area contributed by atoms with E-state index < -0.39 is 0 Å². The third-order valence-electron chi connectivity index (χ3n) is 4.42. The summed E-state index contributed by atoms with van der Waals surface area (Å²) in [7, 11) is 2.21. The van der Waals surface area contributed by atoms with Crippen molar-refractivity contribution in [1.82, 2.24) is 15.1 Å². The highest BCUT2D eigenvalue weighted by molar-refractivity contribution is 5.53. The molecule has 2 aromatic heterocycles. The van der Waals surface area contributed by atoms with Crippen LogP contribution in [0.2, 0.25) is 0 Å². The van der Waals surface area contributed by atoms with Gasteiger partial charge in [0, 0.05) is 26.2 Å². The average Bonchev–Trinajstić information content (AvgIpc) is 3.13. The summed E-state index contributed by atoms with van der Waals surface area (Å²) in [4.78, 5) is 4.79. The molecule has 0 aliphatic carbocycles. The predicted molar refractivity (Wildman–Crippen MR) is 76.4 cm³/mol. The third kappa shape index (κ3) is 1.98. The summed E-state index contributed by atoms with van der Waals surface area (Å²) in [5.41, 5.74) is 0.790. The second-order valence-electron chi connectivity index (χ2n) is 5.90. The predicted octanol–water partition coefficient (Wildman–Crippen LogP) is 1.73. The minimum absolute atomic E-state index is 0.768. The molecule has 4 heterocycles. The molecule has 2 saturated heterocycles. The maximum atomic E-state index is 5.34. The molecule has 0 saturated carbocycles. The fourth-order valence-corrected chi connectivity index (χ4v) is 3.46. The van der Waals surface area contributed by atoms with Gasteiger partial charge in [-0.15, -0.1) is 10.2 Å². The van der Waals surface area contributed by atoms with Crippen molar-refractivity contribution in [2.45, 2.75) is 0 Å². The molecule has 0 bridgehead atoms. The number of nitrogens with zero attached hydrogens (tertiary/aromatic N) is 4. The van der Waals surface area contributed by atoms with Gasteiger partial charge in [0.25, 0.3) is 0 Å². The number of likely N-dealkylation sites (tertiary alicyclic amines) is 1. The molecule has 2 aliphatic heterocycles. The van der Waals surface area contributed by atoms with Crippen LogP contribution < -0.4 is 4.90 Å². The standard InChI is InChI=1S/C15H18N4O/c1-18-7-11-9-19(10-12(11)8-18)15-5-4-13(16-17-15)14-3-2-6-20-14/h2-6,11-12H,7-10H2,1H3. The van der Waals surface area contributed by atoms with Crippen LogP contribution >= 0.6 is 0 Å². The van der Waals surface area contributed by atoms with Crippen molar-refractivity contribution in [1.29, 1.82) is 0 Å². The van der Waals surface area contributed by atoms with Crippen LogP contribution in [0.25, 0.3) is 11.5 Å². The molecule has 2 aromatic rings. The fraction of sp³-hybridized carbons (Fsp3) is 0.467. The maximum absolute atomic E-state index is 5.34. The van der Waals surface area contributed by atoms with Gasteiger partial charge in [-0.3, -0.25) is 0 Å². The van der Waals surface area contributed by atoms with Gasteiger partial charge < -0.3 is 14.2 Å². The zero-order valence-electron chi connectivity index (χ0n) is 11.6. The van der Waals surface area contributed by atoms with Crippen molar-refractivity contribution >= 4 is 5.82 Å². The van der Waals surface area contributed by atoms with E-state index in [1.807, 2.05) is 18.2 Å². The van der Waals surface area contributed by atoms with E-state index in [1.54, 1.807) is 6.26 Å². The topological polar surface area (TPSA) is 45.4 Å². The van der Waals surface area contributed by atoms with Crippen LogP contribution in [0.1, 0.15) is 0 Å². The Balaban J connectivity index is 1.50. The van der Waals surface area contributed by atoms with E-state index in [-0.39, 0.29) is 0 Å². The number of fused-ring (bicyclic) bond motifs is 1. The molecular formula is C15H18N4O. The van der Waals surface area contributed by atoms with Crippen molar-refractivity contribution in [2.75, 3.05) is 38.1 Å². The van der Waals surface area contributed by atoms with E-state index >= 15 is 0 Å².